The molecule has 9 heteroatoms. The van der Waals surface area contributed by atoms with Gasteiger partial charge in [-0.2, -0.15) is 0 Å². The van der Waals surface area contributed by atoms with Crippen LogP contribution in [0.3, 0.4) is 0 Å². The Bertz CT molecular complexity index is 703. The number of fused-ring (bicyclic) bond motifs is 1. The minimum Gasteiger partial charge on any atom is -0.351 e. The van der Waals surface area contributed by atoms with Crippen LogP contribution in [0, 0.1) is 0 Å². The summed E-state index contributed by atoms with van der Waals surface area (Å²) in [5, 5.41) is 5.22. The highest BCUT2D eigenvalue weighted by Crippen LogP contribution is 2.35. The molecule has 1 aliphatic heterocycles. The second kappa shape index (κ2) is 6.67. The number of hydrogen-bond donors (Lipinski definition) is 3. The fourth-order valence-corrected chi connectivity index (χ4v) is 3.27. The first-order chi connectivity index (χ1) is 10.3. The number of carbonyl (C=O) groups is 2. The van der Waals surface area contributed by atoms with Crippen LogP contribution in [0.4, 0.5) is 5.69 Å². The monoisotopic (exact) mass is 343 g/mol. The van der Waals surface area contributed by atoms with Crippen LogP contribution in [0.15, 0.2) is 23.1 Å². The Morgan fingerprint density at radius 2 is 2.09 bits per heavy atom. The number of anilines is 1. The topological polar surface area (TPSA) is 104 Å². The summed E-state index contributed by atoms with van der Waals surface area (Å²) in [5.74, 6) is -0.414. The molecule has 1 heterocycles. The number of sulfonamides is 1. The fourth-order valence-electron chi connectivity index (χ4n) is 1.86. The molecular weight excluding hydrogens is 326 g/mol. The zero-order valence-corrected chi connectivity index (χ0v) is 13.8. The van der Waals surface area contributed by atoms with Gasteiger partial charge in [0.25, 0.3) is 5.91 Å². The third-order valence-corrected chi connectivity index (χ3v) is 4.85. The second-order valence-corrected chi connectivity index (χ2v) is 8.10. The van der Waals surface area contributed by atoms with Gasteiger partial charge in [-0.05, 0) is 25.1 Å². The van der Waals surface area contributed by atoms with Gasteiger partial charge in [0.1, 0.15) is 0 Å². The van der Waals surface area contributed by atoms with Crippen LogP contribution in [0.2, 0.25) is 0 Å². The summed E-state index contributed by atoms with van der Waals surface area (Å²) in [6.45, 7) is 2.12. The largest absolute Gasteiger partial charge is 0.351 e. The van der Waals surface area contributed by atoms with E-state index in [0.717, 1.165) is 11.2 Å². The summed E-state index contributed by atoms with van der Waals surface area (Å²) in [6, 6.07) is 5.08. The van der Waals surface area contributed by atoms with E-state index >= 15 is 0 Å². The molecular formula is C13H17N3O4S2. The zero-order chi connectivity index (χ0) is 16.3. The summed E-state index contributed by atoms with van der Waals surface area (Å²) >= 11 is 1.44. The standard InChI is InChI=1S/C13H17N3O4S2/c1-8-12(17)16-10-7-9(3-4-11(10)21-8)13(18)14-5-6-15-22(2,19)20/h3-4,7-8,15H,5-6H2,1-2H3,(H,14,18)(H,16,17). The van der Waals surface area contributed by atoms with Crippen LogP contribution in [0.5, 0.6) is 0 Å². The molecule has 0 saturated carbocycles. The normalized spacial score (nSPS) is 17.5. The third-order valence-electron chi connectivity index (χ3n) is 2.95. The highest BCUT2D eigenvalue weighted by atomic mass is 32.2. The molecule has 0 bridgehead atoms. The molecule has 1 aromatic rings. The van der Waals surface area contributed by atoms with Crippen molar-refractivity contribution in [2.75, 3.05) is 24.7 Å². The Kier molecular flexibility index (Phi) is 5.09. The van der Waals surface area contributed by atoms with Crippen molar-refractivity contribution in [2.45, 2.75) is 17.1 Å². The van der Waals surface area contributed by atoms with Crippen LogP contribution in [-0.2, 0) is 14.8 Å². The molecule has 7 nitrogen and oxygen atoms in total. The molecule has 0 aliphatic carbocycles. The maximum Gasteiger partial charge on any atom is 0.251 e. The van der Waals surface area contributed by atoms with Crippen LogP contribution in [0.1, 0.15) is 17.3 Å². The first-order valence-electron chi connectivity index (χ1n) is 6.60. The zero-order valence-electron chi connectivity index (χ0n) is 12.2. The Morgan fingerprint density at radius 1 is 1.36 bits per heavy atom. The van der Waals surface area contributed by atoms with E-state index < -0.39 is 10.0 Å². The van der Waals surface area contributed by atoms with Crippen molar-refractivity contribution < 1.29 is 18.0 Å². The lowest BCUT2D eigenvalue weighted by Gasteiger charge is -2.21. The summed E-state index contributed by atoms with van der Waals surface area (Å²) in [7, 11) is -3.26. The van der Waals surface area contributed by atoms with Crippen molar-refractivity contribution in [3.05, 3.63) is 23.8 Å². The molecule has 1 atom stereocenters. The summed E-state index contributed by atoms with van der Waals surface area (Å²) < 4.78 is 24.1. The third kappa shape index (κ3) is 4.46. The van der Waals surface area contributed by atoms with E-state index in [4.69, 9.17) is 0 Å². The van der Waals surface area contributed by atoms with Gasteiger partial charge in [0.15, 0.2) is 0 Å². The lowest BCUT2D eigenvalue weighted by molar-refractivity contribution is -0.115. The Morgan fingerprint density at radius 3 is 2.77 bits per heavy atom. The predicted octanol–water partition coefficient (Wildman–Crippen LogP) is 0.398. The number of rotatable bonds is 5. The number of carbonyl (C=O) groups excluding carboxylic acids is 2. The van der Waals surface area contributed by atoms with Crippen molar-refractivity contribution in [3.63, 3.8) is 0 Å². The van der Waals surface area contributed by atoms with Crippen LogP contribution >= 0.6 is 11.8 Å². The van der Waals surface area contributed by atoms with Gasteiger partial charge in [0.2, 0.25) is 15.9 Å². The number of amides is 2. The number of hydrogen-bond acceptors (Lipinski definition) is 5. The maximum absolute atomic E-state index is 12.0. The lowest BCUT2D eigenvalue weighted by atomic mass is 10.1. The molecule has 0 fully saturated rings. The molecule has 0 radical (unpaired) electrons. The van der Waals surface area contributed by atoms with Gasteiger partial charge < -0.3 is 10.6 Å². The first kappa shape index (κ1) is 16.8. The molecule has 0 aromatic heterocycles. The lowest BCUT2D eigenvalue weighted by Crippen LogP contribution is -2.34. The molecule has 120 valence electrons. The quantitative estimate of drug-likeness (QED) is 0.671. The molecule has 2 amide bonds. The van der Waals surface area contributed by atoms with E-state index in [1.54, 1.807) is 18.2 Å². The first-order valence-corrected chi connectivity index (χ1v) is 9.38. The molecule has 2 rings (SSSR count). The Labute approximate surface area is 133 Å². The maximum atomic E-state index is 12.0. The van der Waals surface area contributed by atoms with Gasteiger partial charge >= 0.3 is 0 Å². The highest BCUT2D eigenvalue weighted by molar-refractivity contribution is 8.01. The number of thioether (sulfide) groups is 1. The van der Waals surface area contributed by atoms with Crippen molar-refractivity contribution in [1.82, 2.24) is 10.0 Å². The SMILES string of the molecule is CC1Sc2ccc(C(=O)NCCNS(C)(=O)=O)cc2NC1=O. The molecule has 0 saturated heterocycles. The molecule has 0 spiro atoms. The van der Waals surface area contributed by atoms with Gasteiger partial charge in [0, 0.05) is 23.5 Å². The average Bonchev–Trinajstić information content (AvgIpc) is 2.43. The minimum atomic E-state index is -3.26. The fraction of sp³-hybridized carbons (Fsp3) is 0.385. The second-order valence-electron chi connectivity index (χ2n) is 4.88. The average molecular weight is 343 g/mol. The van der Waals surface area contributed by atoms with Crippen molar-refractivity contribution in [2.24, 2.45) is 0 Å². The van der Waals surface area contributed by atoms with E-state index in [9.17, 15) is 18.0 Å². The Balaban J connectivity index is 1.97. The molecule has 1 aliphatic rings. The van der Waals surface area contributed by atoms with Crippen molar-refractivity contribution in [3.8, 4) is 0 Å². The van der Waals surface area contributed by atoms with E-state index in [1.165, 1.54) is 11.8 Å². The van der Waals surface area contributed by atoms with Crippen LogP contribution < -0.4 is 15.4 Å². The summed E-state index contributed by atoms with van der Waals surface area (Å²) in [5.41, 5.74) is 1.03. The van der Waals surface area contributed by atoms with Gasteiger partial charge in [0.05, 0.1) is 17.2 Å². The molecule has 1 unspecified atom stereocenters. The Hall–Kier alpha value is -1.58. The highest BCUT2D eigenvalue weighted by Gasteiger charge is 2.23. The van der Waals surface area contributed by atoms with E-state index in [2.05, 4.69) is 15.4 Å². The molecule has 1 aromatic carbocycles. The minimum absolute atomic E-state index is 0.0904. The predicted molar refractivity (Wildman–Crippen MR) is 85.6 cm³/mol. The van der Waals surface area contributed by atoms with Gasteiger partial charge in [-0.25, -0.2) is 13.1 Å². The number of nitrogens with one attached hydrogen (secondary N) is 3. The van der Waals surface area contributed by atoms with Gasteiger partial charge in [-0.1, -0.05) is 0 Å². The van der Waals surface area contributed by atoms with E-state index in [-0.39, 0.29) is 30.2 Å². The smallest absolute Gasteiger partial charge is 0.251 e. The van der Waals surface area contributed by atoms with E-state index in [1.807, 2.05) is 6.92 Å². The summed E-state index contributed by atoms with van der Waals surface area (Å²) in [4.78, 5) is 24.6. The van der Waals surface area contributed by atoms with Gasteiger partial charge in [-0.15, -0.1) is 11.8 Å². The van der Waals surface area contributed by atoms with Crippen LogP contribution in [-0.4, -0.2) is 44.8 Å². The van der Waals surface area contributed by atoms with E-state index in [0.29, 0.717) is 11.3 Å². The molecule has 22 heavy (non-hydrogen) atoms. The summed E-state index contributed by atoms with van der Waals surface area (Å²) in [6.07, 6.45) is 1.06. The number of benzene rings is 1. The van der Waals surface area contributed by atoms with Crippen molar-refractivity contribution in [1.29, 1.82) is 0 Å². The van der Waals surface area contributed by atoms with Crippen LogP contribution in [0.25, 0.3) is 0 Å². The van der Waals surface area contributed by atoms with Crippen molar-refractivity contribution >= 4 is 39.3 Å². The van der Waals surface area contributed by atoms with Gasteiger partial charge in [-0.3, -0.25) is 9.59 Å². The molecule has 3 N–H and O–H groups in total.